The Kier molecular flexibility index (Phi) is 5.92. The molecule has 0 spiro atoms. The van der Waals surface area contributed by atoms with Gasteiger partial charge in [0.25, 0.3) is 0 Å². The van der Waals surface area contributed by atoms with Crippen molar-refractivity contribution < 1.29 is 14.3 Å². The van der Waals surface area contributed by atoms with Crippen LogP contribution in [0, 0.1) is 0 Å². The molecule has 4 rings (SSSR count). The van der Waals surface area contributed by atoms with E-state index in [2.05, 4.69) is 21.2 Å². The average molecular weight is 422 g/mol. The van der Waals surface area contributed by atoms with Crippen LogP contribution in [0.3, 0.4) is 0 Å². The topological polar surface area (TPSA) is 54.0 Å². The molecule has 2 aliphatic rings. The van der Waals surface area contributed by atoms with Crippen LogP contribution in [0.1, 0.15) is 5.56 Å². The summed E-state index contributed by atoms with van der Waals surface area (Å²) >= 11 is 12.1. The second-order valence-electron chi connectivity index (χ2n) is 6.89. The van der Waals surface area contributed by atoms with Crippen LogP contribution in [-0.4, -0.2) is 55.2 Å². The summed E-state index contributed by atoms with van der Waals surface area (Å²) in [6.07, 6.45) is 0. The van der Waals surface area contributed by atoms with Crippen molar-refractivity contribution in [3.8, 4) is 11.5 Å². The van der Waals surface area contributed by atoms with Crippen molar-refractivity contribution in [3.63, 3.8) is 0 Å². The number of hydrogen-bond donors (Lipinski definition) is 1. The fourth-order valence-electron chi connectivity index (χ4n) is 3.40. The van der Waals surface area contributed by atoms with Gasteiger partial charge in [-0.25, -0.2) is 0 Å². The first-order valence-corrected chi connectivity index (χ1v) is 9.91. The summed E-state index contributed by atoms with van der Waals surface area (Å²) in [4.78, 5) is 16.8. The van der Waals surface area contributed by atoms with E-state index < -0.39 is 0 Å². The van der Waals surface area contributed by atoms with Crippen molar-refractivity contribution in [3.05, 3.63) is 52.0 Å². The van der Waals surface area contributed by atoms with Crippen LogP contribution < -0.4 is 14.8 Å². The number of fused-ring (bicyclic) bond motifs is 1. The van der Waals surface area contributed by atoms with E-state index in [1.807, 2.05) is 12.1 Å². The van der Waals surface area contributed by atoms with Gasteiger partial charge in [-0.15, -0.1) is 0 Å². The number of nitrogens with zero attached hydrogens (tertiary/aromatic N) is 2. The van der Waals surface area contributed by atoms with Gasteiger partial charge in [-0.05, 0) is 29.8 Å². The molecule has 0 aliphatic carbocycles. The standard InChI is InChI=1S/C20H21Cl2N3O3/c21-15-2-1-3-16(20(15)22)23-19(26)12-25-8-6-24(7-9-25)11-14-4-5-17-18(10-14)28-13-27-17/h1-5,10H,6-9,11-13H2,(H,23,26). The predicted molar refractivity (Wildman–Crippen MR) is 109 cm³/mol. The molecule has 1 amide bonds. The lowest BCUT2D eigenvalue weighted by molar-refractivity contribution is -0.117. The molecule has 1 fully saturated rings. The number of piperazine rings is 1. The van der Waals surface area contributed by atoms with E-state index in [1.54, 1.807) is 18.2 Å². The highest BCUT2D eigenvalue weighted by atomic mass is 35.5. The van der Waals surface area contributed by atoms with Crippen molar-refractivity contribution >= 4 is 34.8 Å². The summed E-state index contributed by atoms with van der Waals surface area (Å²) in [5.74, 6) is 1.53. The maximum Gasteiger partial charge on any atom is 0.238 e. The molecule has 2 aromatic carbocycles. The Morgan fingerprint density at radius 1 is 1.00 bits per heavy atom. The van der Waals surface area contributed by atoms with Crippen LogP contribution in [0.4, 0.5) is 5.69 Å². The van der Waals surface area contributed by atoms with E-state index in [-0.39, 0.29) is 5.91 Å². The summed E-state index contributed by atoms with van der Waals surface area (Å²) in [6.45, 7) is 4.96. The molecule has 2 aromatic rings. The van der Waals surface area contributed by atoms with Crippen LogP contribution in [0.25, 0.3) is 0 Å². The Morgan fingerprint density at radius 2 is 1.75 bits per heavy atom. The maximum atomic E-state index is 12.3. The monoisotopic (exact) mass is 421 g/mol. The lowest BCUT2D eigenvalue weighted by atomic mass is 10.1. The van der Waals surface area contributed by atoms with E-state index >= 15 is 0 Å². The van der Waals surface area contributed by atoms with Crippen LogP contribution in [0.2, 0.25) is 10.0 Å². The fraction of sp³-hybridized carbons (Fsp3) is 0.350. The molecular formula is C20H21Cl2N3O3. The lowest BCUT2D eigenvalue weighted by Crippen LogP contribution is -2.48. The SMILES string of the molecule is O=C(CN1CCN(Cc2ccc3c(c2)OCO3)CC1)Nc1cccc(Cl)c1Cl. The largest absolute Gasteiger partial charge is 0.454 e. The molecule has 0 unspecified atom stereocenters. The van der Waals surface area contributed by atoms with Gasteiger partial charge in [0.05, 0.1) is 22.3 Å². The van der Waals surface area contributed by atoms with Gasteiger partial charge >= 0.3 is 0 Å². The van der Waals surface area contributed by atoms with E-state index in [1.165, 1.54) is 5.56 Å². The fourth-order valence-corrected chi connectivity index (χ4v) is 3.74. The Balaban J connectivity index is 1.25. The van der Waals surface area contributed by atoms with Crippen molar-refractivity contribution in [2.24, 2.45) is 0 Å². The number of nitrogens with one attached hydrogen (secondary N) is 1. The van der Waals surface area contributed by atoms with Gasteiger partial charge in [-0.3, -0.25) is 14.6 Å². The Labute approximate surface area is 173 Å². The minimum absolute atomic E-state index is 0.0895. The molecule has 1 N–H and O–H groups in total. The van der Waals surface area contributed by atoms with Gasteiger partial charge in [-0.1, -0.05) is 35.3 Å². The zero-order valence-corrected chi connectivity index (χ0v) is 16.8. The zero-order chi connectivity index (χ0) is 19.5. The van der Waals surface area contributed by atoms with Gasteiger partial charge in [0.15, 0.2) is 11.5 Å². The van der Waals surface area contributed by atoms with E-state index in [9.17, 15) is 4.79 Å². The quantitative estimate of drug-likeness (QED) is 0.800. The van der Waals surface area contributed by atoms with Crippen molar-refractivity contribution in [2.45, 2.75) is 6.54 Å². The summed E-state index contributed by atoms with van der Waals surface area (Å²) in [5.41, 5.74) is 1.74. The number of hydrogen-bond acceptors (Lipinski definition) is 5. The molecule has 0 aromatic heterocycles. The number of halogens is 2. The second kappa shape index (κ2) is 8.57. The number of carbonyl (C=O) groups is 1. The first-order valence-electron chi connectivity index (χ1n) is 9.15. The molecule has 2 aliphatic heterocycles. The Hall–Kier alpha value is -1.99. The van der Waals surface area contributed by atoms with Crippen molar-refractivity contribution in [2.75, 3.05) is 44.8 Å². The first-order chi connectivity index (χ1) is 13.6. The highest BCUT2D eigenvalue weighted by Gasteiger charge is 2.21. The molecule has 1 saturated heterocycles. The second-order valence-corrected chi connectivity index (χ2v) is 7.67. The number of benzene rings is 2. The summed E-state index contributed by atoms with van der Waals surface area (Å²) < 4.78 is 10.8. The zero-order valence-electron chi connectivity index (χ0n) is 15.3. The van der Waals surface area contributed by atoms with Crippen molar-refractivity contribution in [1.29, 1.82) is 0 Å². The molecule has 0 bridgehead atoms. The maximum absolute atomic E-state index is 12.3. The molecule has 28 heavy (non-hydrogen) atoms. The van der Waals surface area contributed by atoms with Crippen LogP contribution in [0.15, 0.2) is 36.4 Å². The van der Waals surface area contributed by atoms with E-state index in [4.69, 9.17) is 32.7 Å². The van der Waals surface area contributed by atoms with E-state index in [0.717, 1.165) is 44.2 Å². The first kappa shape index (κ1) is 19.3. The third-order valence-electron chi connectivity index (χ3n) is 4.90. The minimum Gasteiger partial charge on any atom is -0.454 e. The van der Waals surface area contributed by atoms with Crippen molar-refractivity contribution in [1.82, 2.24) is 9.80 Å². The minimum atomic E-state index is -0.0895. The van der Waals surface area contributed by atoms with Crippen LogP contribution in [0.5, 0.6) is 11.5 Å². The summed E-state index contributed by atoms with van der Waals surface area (Å²) in [6, 6.07) is 11.3. The molecule has 0 radical (unpaired) electrons. The Morgan fingerprint density at radius 3 is 2.57 bits per heavy atom. The summed E-state index contributed by atoms with van der Waals surface area (Å²) in [5, 5.41) is 3.63. The van der Waals surface area contributed by atoms with Crippen LogP contribution >= 0.6 is 23.2 Å². The molecule has 2 heterocycles. The molecule has 8 heteroatoms. The molecule has 0 saturated carbocycles. The number of anilines is 1. The van der Waals surface area contributed by atoms with Crippen LogP contribution in [-0.2, 0) is 11.3 Å². The summed E-state index contributed by atoms with van der Waals surface area (Å²) in [7, 11) is 0. The third-order valence-corrected chi connectivity index (χ3v) is 5.72. The number of ether oxygens (including phenoxy) is 2. The molecule has 0 atom stereocenters. The predicted octanol–water partition coefficient (Wildman–Crippen LogP) is 3.48. The molecule has 148 valence electrons. The number of rotatable bonds is 5. The smallest absolute Gasteiger partial charge is 0.238 e. The van der Waals surface area contributed by atoms with Gasteiger partial charge in [0.2, 0.25) is 12.7 Å². The number of carbonyl (C=O) groups excluding carboxylic acids is 1. The highest BCUT2D eigenvalue weighted by Crippen LogP contribution is 2.33. The van der Waals surface area contributed by atoms with Gasteiger partial charge in [0.1, 0.15) is 0 Å². The lowest BCUT2D eigenvalue weighted by Gasteiger charge is -2.34. The van der Waals surface area contributed by atoms with Gasteiger partial charge in [0, 0.05) is 32.7 Å². The average Bonchev–Trinajstić information content (AvgIpc) is 3.15. The third kappa shape index (κ3) is 4.52. The van der Waals surface area contributed by atoms with E-state index in [0.29, 0.717) is 29.1 Å². The Bertz CT molecular complexity index is 870. The van der Waals surface area contributed by atoms with Gasteiger partial charge < -0.3 is 14.8 Å². The molecule has 6 nitrogen and oxygen atoms in total. The number of amides is 1. The van der Waals surface area contributed by atoms with Gasteiger partial charge in [-0.2, -0.15) is 0 Å². The molecular weight excluding hydrogens is 401 g/mol. The normalized spacial score (nSPS) is 16.9. The highest BCUT2D eigenvalue weighted by molar-refractivity contribution is 6.44.